The minimum atomic E-state index is -0.508. The van der Waals surface area contributed by atoms with Gasteiger partial charge in [-0.2, -0.15) is 0 Å². The fraction of sp³-hybridized carbons (Fsp3) is 0.714. The predicted octanol–water partition coefficient (Wildman–Crippen LogP) is 2.83. The molecule has 4 nitrogen and oxygen atoms in total. The molecule has 1 N–H and O–H groups in total. The second-order valence-electron chi connectivity index (χ2n) is 5.69. The van der Waals surface area contributed by atoms with E-state index in [2.05, 4.69) is 5.32 Å². The highest BCUT2D eigenvalue weighted by Gasteiger charge is 2.33. The van der Waals surface area contributed by atoms with Crippen LogP contribution in [0.4, 0.5) is 4.79 Å². The molecule has 1 saturated carbocycles. The first-order valence-corrected chi connectivity index (χ1v) is 6.49. The molecular weight excluding hydrogens is 230 g/mol. The number of hydrogen-bond donors (Lipinski definition) is 1. The maximum absolute atomic E-state index is 11.8. The molecule has 1 fully saturated rings. The van der Waals surface area contributed by atoms with E-state index < -0.39 is 11.7 Å². The van der Waals surface area contributed by atoms with Crippen molar-refractivity contribution in [3.8, 4) is 0 Å². The van der Waals surface area contributed by atoms with E-state index in [1.54, 1.807) is 12.2 Å². The van der Waals surface area contributed by atoms with E-state index in [1.165, 1.54) is 0 Å². The van der Waals surface area contributed by atoms with E-state index in [0.717, 1.165) is 19.3 Å². The summed E-state index contributed by atoms with van der Waals surface area (Å²) in [6, 6.07) is -0.0939. The molecule has 0 aliphatic heterocycles. The van der Waals surface area contributed by atoms with Crippen molar-refractivity contribution in [2.24, 2.45) is 5.92 Å². The predicted molar refractivity (Wildman–Crippen MR) is 70.3 cm³/mol. The monoisotopic (exact) mass is 253 g/mol. The van der Waals surface area contributed by atoms with Gasteiger partial charge in [-0.3, -0.25) is 4.79 Å². The fourth-order valence-electron chi connectivity index (χ4n) is 2.22. The van der Waals surface area contributed by atoms with Crippen LogP contribution in [0.1, 0.15) is 47.0 Å². The van der Waals surface area contributed by atoms with Crippen LogP contribution in [0, 0.1) is 5.92 Å². The van der Waals surface area contributed by atoms with Crippen LogP contribution in [0.15, 0.2) is 12.2 Å². The van der Waals surface area contributed by atoms with Crippen LogP contribution in [0.25, 0.3) is 0 Å². The Kier molecular flexibility index (Phi) is 4.93. The molecule has 0 radical (unpaired) electrons. The number of ether oxygens (including phenoxy) is 1. The van der Waals surface area contributed by atoms with Gasteiger partial charge in [-0.25, -0.2) is 4.79 Å². The molecule has 2 atom stereocenters. The summed E-state index contributed by atoms with van der Waals surface area (Å²) in [6.45, 7) is 7.29. The highest BCUT2D eigenvalue weighted by atomic mass is 16.6. The van der Waals surface area contributed by atoms with Crippen molar-refractivity contribution in [2.75, 3.05) is 0 Å². The zero-order valence-electron chi connectivity index (χ0n) is 11.7. The first-order valence-electron chi connectivity index (χ1n) is 6.49. The van der Waals surface area contributed by atoms with E-state index in [4.69, 9.17) is 4.74 Å². The topological polar surface area (TPSA) is 55.4 Å². The molecular formula is C14H23NO3. The van der Waals surface area contributed by atoms with Gasteiger partial charge >= 0.3 is 6.09 Å². The average molecular weight is 253 g/mol. The van der Waals surface area contributed by atoms with Gasteiger partial charge in [0.15, 0.2) is 5.78 Å². The maximum atomic E-state index is 11.8. The van der Waals surface area contributed by atoms with Crippen molar-refractivity contribution in [2.45, 2.75) is 58.6 Å². The maximum Gasteiger partial charge on any atom is 0.407 e. The van der Waals surface area contributed by atoms with Gasteiger partial charge in [0, 0.05) is 12.0 Å². The van der Waals surface area contributed by atoms with Crippen molar-refractivity contribution in [1.82, 2.24) is 5.32 Å². The van der Waals surface area contributed by atoms with Crippen molar-refractivity contribution < 1.29 is 14.3 Å². The average Bonchev–Trinajstić information content (AvgIpc) is 2.62. The number of carbonyl (C=O) groups is 2. The summed E-state index contributed by atoms with van der Waals surface area (Å²) >= 11 is 0. The van der Waals surface area contributed by atoms with Crippen LogP contribution in [0.3, 0.4) is 0 Å². The standard InChI is InChI=1S/C14H23NO3/c1-5-7-12(16)10-8-6-9-11(10)15-13(17)18-14(2,3)4/h5,7,10-11H,6,8-9H2,1-4H3,(H,15,17)/b7-5+/t10-,11+/m0/s1. The van der Waals surface area contributed by atoms with Crippen LogP contribution in [0.5, 0.6) is 0 Å². The molecule has 1 aliphatic carbocycles. The first-order chi connectivity index (χ1) is 8.33. The number of hydrogen-bond acceptors (Lipinski definition) is 3. The Balaban J connectivity index is 2.55. The molecule has 0 aromatic carbocycles. The van der Waals surface area contributed by atoms with Crippen LogP contribution in [-0.4, -0.2) is 23.5 Å². The van der Waals surface area contributed by atoms with Crippen molar-refractivity contribution in [1.29, 1.82) is 0 Å². The Labute approximate surface area is 109 Å². The second kappa shape index (κ2) is 6.03. The molecule has 18 heavy (non-hydrogen) atoms. The highest BCUT2D eigenvalue weighted by Crippen LogP contribution is 2.27. The van der Waals surface area contributed by atoms with Gasteiger partial charge in [-0.1, -0.05) is 12.5 Å². The summed E-state index contributed by atoms with van der Waals surface area (Å²) < 4.78 is 5.21. The van der Waals surface area contributed by atoms with Crippen molar-refractivity contribution in [3.63, 3.8) is 0 Å². The number of nitrogens with one attached hydrogen (secondary N) is 1. The SMILES string of the molecule is C/C=C/C(=O)[C@H]1CCC[C@H]1NC(=O)OC(C)(C)C. The molecule has 4 heteroatoms. The number of ketones is 1. The third kappa shape index (κ3) is 4.51. The summed E-state index contributed by atoms with van der Waals surface area (Å²) in [6.07, 6.45) is 5.53. The quantitative estimate of drug-likeness (QED) is 0.787. The van der Waals surface area contributed by atoms with Gasteiger partial charge in [0.05, 0.1) is 0 Å². The minimum absolute atomic E-state index is 0.0936. The third-order valence-electron chi connectivity index (χ3n) is 2.91. The lowest BCUT2D eigenvalue weighted by Gasteiger charge is -2.23. The summed E-state index contributed by atoms with van der Waals surface area (Å²) in [5.74, 6) is -0.00947. The molecule has 0 spiro atoms. The highest BCUT2D eigenvalue weighted by molar-refractivity contribution is 5.92. The zero-order chi connectivity index (χ0) is 13.8. The van der Waals surface area contributed by atoms with E-state index in [-0.39, 0.29) is 17.7 Å². The van der Waals surface area contributed by atoms with Crippen LogP contribution >= 0.6 is 0 Å². The second-order valence-corrected chi connectivity index (χ2v) is 5.69. The third-order valence-corrected chi connectivity index (χ3v) is 2.91. The van der Waals surface area contributed by atoms with E-state index in [0.29, 0.717) is 0 Å². The number of amides is 1. The first kappa shape index (κ1) is 14.7. The lowest BCUT2D eigenvalue weighted by atomic mass is 9.98. The molecule has 102 valence electrons. The molecule has 0 bridgehead atoms. The Morgan fingerprint density at radius 1 is 1.28 bits per heavy atom. The number of alkyl carbamates (subject to hydrolysis) is 1. The molecule has 1 amide bonds. The van der Waals surface area contributed by atoms with Crippen LogP contribution < -0.4 is 5.32 Å². The smallest absolute Gasteiger partial charge is 0.407 e. The molecule has 0 unspecified atom stereocenters. The molecule has 1 aliphatic rings. The molecule has 0 saturated heterocycles. The Hall–Kier alpha value is -1.32. The van der Waals surface area contributed by atoms with Gasteiger partial charge < -0.3 is 10.1 Å². The molecule has 0 aromatic rings. The minimum Gasteiger partial charge on any atom is -0.444 e. The number of allylic oxidation sites excluding steroid dienone is 2. The van der Waals surface area contributed by atoms with Crippen molar-refractivity contribution in [3.05, 3.63) is 12.2 Å². The lowest BCUT2D eigenvalue weighted by molar-refractivity contribution is -0.118. The molecule has 0 aromatic heterocycles. The molecule has 0 heterocycles. The van der Waals surface area contributed by atoms with Crippen LogP contribution in [0.2, 0.25) is 0 Å². The zero-order valence-corrected chi connectivity index (χ0v) is 11.7. The largest absolute Gasteiger partial charge is 0.444 e. The summed E-state index contributed by atoms with van der Waals surface area (Å²) in [4.78, 5) is 23.5. The lowest BCUT2D eigenvalue weighted by Crippen LogP contribution is -2.42. The van der Waals surface area contributed by atoms with Crippen molar-refractivity contribution >= 4 is 11.9 Å². The Morgan fingerprint density at radius 2 is 1.94 bits per heavy atom. The van der Waals surface area contributed by atoms with Gasteiger partial charge in [0.1, 0.15) is 5.60 Å². The fourth-order valence-corrected chi connectivity index (χ4v) is 2.22. The van der Waals surface area contributed by atoms with Gasteiger partial charge in [-0.15, -0.1) is 0 Å². The van der Waals surface area contributed by atoms with Gasteiger partial charge in [0.25, 0.3) is 0 Å². The van der Waals surface area contributed by atoms with E-state index >= 15 is 0 Å². The summed E-state index contributed by atoms with van der Waals surface area (Å²) in [5, 5.41) is 2.81. The molecule has 1 rings (SSSR count). The Morgan fingerprint density at radius 3 is 2.50 bits per heavy atom. The Bertz CT molecular complexity index is 341. The summed E-state index contributed by atoms with van der Waals surface area (Å²) in [7, 11) is 0. The normalized spacial score (nSPS) is 24.2. The number of carbonyl (C=O) groups excluding carboxylic acids is 2. The van der Waals surface area contributed by atoms with E-state index in [1.807, 2.05) is 27.7 Å². The summed E-state index contributed by atoms with van der Waals surface area (Å²) in [5.41, 5.74) is -0.508. The van der Waals surface area contributed by atoms with Gasteiger partial charge in [-0.05, 0) is 46.6 Å². The van der Waals surface area contributed by atoms with Crippen LogP contribution in [-0.2, 0) is 9.53 Å². The number of rotatable bonds is 3. The van der Waals surface area contributed by atoms with Gasteiger partial charge in [0.2, 0.25) is 0 Å². The van der Waals surface area contributed by atoms with E-state index in [9.17, 15) is 9.59 Å².